The minimum atomic E-state index is -0.789. The van der Waals surface area contributed by atoms with E-state index in [1.807, 2.05) is 0 Å². The molecule has 1 aliphatic heterocycles. The topological polar surface area (TPSA) is 50.7 Å². The third-order valence-electron chi connectivity index (χ3n) is 3.23. The average Bonchev–Trinajstić information content (AvgIpc) is 2.98. The van der Waals surface area contributed by atoms with Crippen LogP contribution in [0.2, 0.25) is 0 Å². The Kier molecular flexibility index (Phi) is 3.82. The summed E-state index contributed by atoms with van der Waals surface area (Å²) in [7, 11) is 0. The van der Waals surface area contributed by atoms with Gasteiger partial charge in [-0.15, -0.1) is 0 Å². The molecule has 1 aliphatic rings. The Morgan fingerprint density at radius 3 is 2.64 bits per heavy atom. The number of oxime groups is 1. The summed E-state index contributed by atoms with van der Waals surface area (Å²) in [5.41, 5.74) is 1.62. The van der Waals surface area contributed by atoms with E-state index in [1.165, 1.54) is 30.3 Å². The van der Waals surface area contributed by atoms with Gasteiger partial charge in [-0.2, -0.15) is 0 Å². The third-order valence-corrected chi connectivity index (χ3v) is 3.23. The van der Waals surface area contributed by atoms with Crippen molar-refractivity contribution in [3.8, 4) is 0 Å². The monoisotopic (exact) mass is 302 g/mol. The van der Waals surface area contributed by atoms with Crippen LogP contribution in [-0.2, 0) is 9.63 Å². The van der Waals surface area contributed by atoms with E-state index in [0.717, 1.165) is 0 Å². The van der Waals surface area contributed by atoms with Crippen LogP contribution in [0.25, 0.3) is 0 Å². The van der Waals surface area contributed by atoms with Gasteiger partial charge < -0.3 is 10.2 Å². The predicted molar refractivity (Wildman–Crippen MR) is 77.5 cm³/mol. The van der Waals surface area contributed by atoms with Crippen molar-refractivity contribution in [1.29, 1.82) is 0 Å². The Morgan fingerprint density at radius 1 is 1.14 bits per heavy atom. The Bertz CT molecular complexity index is 729. The predicted octanol–water partition coefficient (Wildman–Crippen LogP) is 3.10. The number of nitrogens with one attached hydrogen (secondary N) is 1. The lowest BCUT2D eigenvalue weighted by Gasteiger charge is -2.09. The quantitative estimate of drug-likeness (QED) is 0.947. The molecule has 1 heterocycles. The number of amides is 1. The Balaban J connectivity index is 1.64. The molecular weight excluding hydrogens is 290 g/mol. The fraction of sp³-hybridized carbons (Fsp3) is 0.125. The van der Waals surface area contributed by atoms with Gasteiger partial charge in [0.2, 0.25) is 6.10 Å². The molecule has 22 heavy (non-hydrogen) atoms. The molecule has 0 fully saturated rings. The Hall–Kier alpha value is -2.76. The minimum absolute atomic E-state index is 0.271. The van der Waals surface area contributed by atoms with Crippen molar-refractivity contribution in [3.05, 3.63) is 65.7 Å². The summed E-state index contributed by atoms with van der Waals surface area (Å²) in [5, 5.41) is 6.43. The first kappa shape index (κ1) is 14.2. The van der Waals surface area contributed by atoms with E-state index in [4.69, 9.17) is 4.84 Å². The maximum absolute atomic E-state index is 13.1. The van der Waals surface area contributed by atoms with E-state index in [1.54, 1.807) is 18.2 Å². The average molecular weight is 302 g/mol. The maximum Gasteiger partial charge on any atom is 0.268 e. The van der Waals surface area contributed by atoms with Gasteiger partial charge >= 0.3 is 0 Å². The first-order valence-electron chi connectivity index (χ1n) is 6.67. The van der Waals surface area contributed by atoms with Gasteiger partial charge in [0.15, 0.2) is 0 Å². The molecule has 0 saturated carbocycles. The molecule has 1 unspecified atom stereocenters. The number of halogens is 2. The van der Waals surface area contributed by atoms with Crippen LogP contribution in [0, 0.1) is 11.6 Å². The first-order chi connectivity index (χ1) is 10.6. The molecule has 1 atom stereocenters. The molecule has 0 radical (unpaired) electrons. The van der Waals surface area contributed by atoms with Gasteiger partial charge in [-0.05, 0) is 35.9 Å². The lowest BCUT2D eigenvalue weighted by molar-refractivity contribution is -0.125. The van der Waals surface area contributed by atoms with Crippen LogP contribution in [-0.4, -0.2) is 17.7 Å². The number of hydrogen-bond acceptors (Lipinski definition) is 3. The highest BCUT2D eigenvalue weighted by atomic mass is 19.1. The Morgan fingerprint density at radius 2 is 1.91 bits per heavy atom. The molecule has 0 bridgehead atoms. The van der Waals surface area contributed by atoms with Gasteiger partial charge in [0.05, 0.1) is 5.71 Å². The standard InChI is InChI=1S/C16H12F2N2O2/c17-11-6-4-10(5-7-11)14-9-15(22-20-14)16(21)19-13-3-1-2-12(18)8-13/h1-8,15H,9H2,(H,19,21). The van der Waals surface area contributed by atoms with E-state index in [2.05, 4.69) is 10.5 Å². The van der Waals surface area contributed by atoms with Gasteiger partial charge in [-0.1, -0.05) is 23.4 Å². The van der Waals surface area contributed by atoms with Crippen molar-refractivity contribution in [2.24, 2.45) is 5.16 Å². The lowest BCUT2D eigenvalue weighted by atomic mass is 10.0. The van der Waals surface area contributed by atoms with E-state index in [0.29, 0.717) is 17.0 Å². The van der Waals surface area contributed by atoms with Crippen LogP contribution in [0.15, 0.2) is 53.7 Å². The molecule has 1 amide bonds. The van der Waals surface area contributed by atoms with Crippen LogP contribution >= 0.6 is 0 Å². The fourth-order valence-corrected chi connectivity index (χ4v) is 2.12. The van der Waals surface area contributed by atoms with E-state index < -0.39 is 17.8 Å². The summed E-state index contributed by atoms with van der Waals surface area (Å²) in [6.07, 6.45) is -0.518. The zero-order chi connectivity index (χ0) is 15.5. The smallest absolute Gasteiger partial charge is 0.268 e. The van der Waals surface area contributed by atoms with Crippen LogP contribution in [0.5, 0.6) is 0 Å². The summed E-state index contributed by atoms with van der Waals surface area (Å²) in [5.74, 6) is -1.19. The van der Waals surface area contributed by atoms with E-state index in [-0.39, 0.29) is 12.2 Å². The molecule has 6 heteroatoms. The van der Waals surface area contributed by atoms with Crippen molar-refractivity contribution in [1.82, 2.24) is 0 Å². The number of carbonyl (C=O) groups excluding carboxylic acids is 1. The van der Waals surface area contributed by atoms with E-state index >= 15 is 0 Å². The molecule has 2 aromatic rings. The van der Waals surface area contributed by atoms with Crippen molar-refractivity contribution >= 4 is 17.3 Å². The number of hydrogen-bond donors (Lipinski definition) is 1. The lowest BCUT2D eigenvalue weighted by Crippen LogP contribution is -2.28. The van der Waals surface area contributed by atoms with Crippen molar-refractivity contribution < 1.29 is 18.4 Å². The van der Waals surface area contributed by atoms with Gasteiger partial charge in [-0.3, -0.25) is 4.79 Å². The third kappa shape index (κ3) is 3.11. The number of anilines is 1. The van der Waals surface area contributed by atoms with E-state index in [9.17, 15) is 13.6 Å². The fourth-order valence-electron chi connectivity index (χ4n) is 2.12. The molecule has 4 nitrogen and oxygen atoms in total. The summed E-state index contributed by atoms with van der Waals surface area (Å²) in [4.78, 5) is 17.2. The van der Waals surface area contributed by atoms with Gasteiger partial charge in [0.1, 0.15) is 11.6 Å². The zero-order valence-corrected chi connectivity index (χ0v) is 11.4. The van der Waals surface area contributed by atoms with Gasteiger partial charge in [0.25, 0.3) is 5.91 Å². The zero-order valence-electron chi connectivity index (χ0n) is 11.4. The summed E-state index contributed by atoms with van der Waals surface area (Å²) in [6.45, 7) is 0. The highest BCUT2D eigenvalue weighted by Crippen LogP contribution is 2.19. The number of carbonyl (C=O) groups is 1. The second-order valence-electron chi connectivity index (χ2n) is 4.84. The van der Waals surface area contributed by atoms with Crippen LogP contribution < -0.4 is 5.32 Å². The summed E-state index contributed by atoms with van der Waals surface area (Å²) >= 11 is 0. The number of rotatable bonds is 3. The van der Waals surface area contributed by atoms with Crippen LogP contribution in [0.4, 0.5) is 14.5 Å². The van der Waals surface area contributed by atoms with Gasteiger partial charge in [0, 0.05) is 12.1 Å². The van der Waals surface area contributed by atoms with Crippen LogP contribution in [0.3, 0.4) is 0 Å². The SMILES string of the molecule is O=C(Nc1cccc(F)c1)C1CC(c2ccc(F)cc2)=NO1. The molecule has 0 spiro atoms. The maximum atomic E-state index is 13.1. The second-order valence-corrected chi connectivity index (χ2v) is 4.84. The summed E-state index contributed by atoms with van der Waals surface area (Å²) < 4.78 is 26.0. The second kappa shape index (κ2) is 5.93. The molecule has 3 rings (SSSR count). The molecular formula is C16H12F2N2O2. The summed E-state index contributed by atoms with van der Waals surface area (Å²) in [6, 6.07) is 11.4. The molecule has 1 N–H and O–H groups in total. The normalized spacial score (nSPS) is 16.8. The minimum Gasteiger partial charge on any atom is -0.382 e. The largest absolute Gasteiger partial charge is 0.382 e. The van der Waals surface area contributed by atoms with Crippen molar-refractivity contribution in [2.45, 2.75) is 12.5 Å². The van der Waals surface area contributed by atoms with Gasteiger partial charge in [-0.25, -0.2) is 8.78 Å². The van der Waals surface area contributed by atoms with Crippen LogP contribution in [0.1, 0.15) is 12.0 Å². The van der Waals surface area contributed by atoms with Crippen molar-refractivity contribution in [2.75, 3.05) is 5.32 Å². The Labute approximate surface area is 125 Å². The molecule has 2 aromatic carbocycles. The molecule has 0 aliphatic carbocycles. The first-order valence-corrected chi connectivity index (χ1v) is 6.67. The molecule has 0 saturated heterocycles. The molecule has 112 valence electrons. The molecule has 0 aromatic heterocycles. The number of nitrogens with zero attached hydrogens (tertiary/aromatic N) is 1. The van der Waals surface area contributed by atoms with Crippen molar-refractivity contribution in [3.63, 3.8) is 0 Å². The number of benzene rings is 2. The highest BCUT2D eigenvalue weighted by molar-refractivity contribution is 6.06. The highest BCUT2D eigenvalue weighted by Gasteiger charge is 2.29.